The van der Waals surface area contributed by atoms with E-state index in [0.29, 0.717) is 28.8 Å². The van der Waals surface area contributed by atoms with Crippen molar-refractivity contribution >= 4 is 17.0 Å². The zero-order valence-electron chi connectivity index (χ0n) is 10.0. The molecule has 0 unspecified atom stereocenters. The van der Waals surface area contributed by atoms with Crippen molar-refractivity contribution in [2.24, 2.45) is 11.8 Å². The van der Waals surface area contributed by atoms with Crippen molar-refractivity contribution in [3.05, 3.63) is 6.33 Å². The highest BCUT2D eigenvalue weighted by Gasteiger charge is 2.27. The average Bonchev–Trinajstić information content (AvgIpc) is 2.98. The molecule has 3 rings (SSSR count). The van der Waals surface area contributed by atoms with Gasteiger partial charge in [0.25, 0.3) is 0 Å². The summed E-state index contributed by atoms with van der Waals surface area (Å²) in [7, 11) is 0. The van der Waals surface area contributed by atoms with Gasteiger partial charge in [0.05, 0.1) is 0 Å². The van der Waals surface area contributed by atoms with E-state index < -0.39 is 0 Å². The molecule has 0 aromatic carbocycles. The van der Waals surface area contributed by atoms with E-state index >= 15 is 0 Å². The van der Waals surface area contributed by atoms with Crippen LogP contribution in [0.15, 0.2) is 6.33 Å². The molecule has 0 spiro atoms. The fourth-order valence-corrected chi connectivity index (χ4v) is 2.75. The Morgan fingerprint density at radius 3 is 3.00 bits per heavy atom. The Morgan fingerprint density at radius 1 is 1.33 bits per heavy atom. The summed E-state index contributed by atoms with van der Waals surface area (Å²) in [5, 5.41) is 17.4. The minimum absolute atomic E-state index is 0.244. The molecule has 18 heavy (non-hydrogen) atoms. The summed E-state index contributed by atoms with van der Waals surface area (Å²) in [5.41, 5.74) is 6.95. The maximum atomic E-state index is 9.33. The first-order valence-corrected chi connectivity index (χ1v) is 6.20. The molecule has 2 atom stereocenters. The first kappa shape index (κ1) is 11.3. The lowest BCUT2D eigenvalue weighted by Crippen LogP contribution is -2.19. The number of aliphatic hydroxyl groups excluding tert-OH is 1. The molecule has 0 radical (unpaired) electrons. The SMILES string of the molecule is Nc1ncnc2c1nnn2C[C@H]1CCC[C@@H]1CO. The normalized spacial score (nSPS) is 23.8. The maximum Gasteiger partial charge on any atom is 0.183 e. The molecule has 3 N–H and O–H groups in total. The van der Waals surface area contributed by atoms with E-state index in [4.69, 9.17) is 5.73 Å². The van der Waals surface area contributed by atoms with Crippen LogP contribution < -0.4 is 5.73 Å². The zero-order chi connectivity index (χ0) is 12.5. The molecule has 7 nitrogen and oxygen atoms in total. The number of nitrogen functional groups attached to an aromatic ring is 1. The van der Waals surface area contributed by atoms with Crippen LogP contribution in [0.5, 0.6) is 0 Å². The van der Waals surface area contributed by atoms with E-state index in [1.54, 1.807) is 4.68 Å². The Balaban J connectivity index is 1.89. The topological polar surface area (TPSA) is 103 Å². The van der Waals surface area contributed by atoms with Gasteiger partial charge in [0, 0.05) is 13.2 Å². The van der Waals surface area contributed by atoms with Crippen LogP contribution in [-0.4, -0.2) is 36.7 Å². The molecule has 2 heterocycles. The van der Waals surface area contributed by atoms with Crippen LogP contribution in [-0.2, 0) is 6.54 Å². The second-order valence-corrected chi connectivity index (χ2v) is 4.84. The van der Waals surface area contributed by atoms with Crippen molar-refractivity contribution in [2.45, 2.75) is 25.8 Å². The summed E-state index contributed by atoms with van der Waals surface area (Å²) in [6.45, 7) is 0.979. The van der Waals surface area contributed by atoms with Crippen LogP contribution in [0.1, 0.15) is 19.3 Å². The highest BCUT2D eigenvalue weighted by atomic mass is 16.3. The zero-order valence-corrected chi connectivity index (χ0v) is 10.0. The number of anilines is 1. The molecule has 0 bridgehead atoms. The van der Waals surface area contributed by atoms with E-state index in [0.717, 1.165) is 19.4 Å². The molecular weight excluding hydrogens is 232 g/mol. The monoisotopic (exact) mass is 248 g/mol. The highest BCUT2D eigenvalue weighted by molar-refractivity contribution is 5.80. The lowest BCUT2D eigenvalue weighted by atomic mass is 9.97. The van der Waals surface area contributed by atoms with Crippen LogP contribution in [0.3, 0.4) is 0 Å². The predicted octanol–water partition coefficient (Wildman–Crippen LogP) is 0.212. The largest absolute Gasteiger partial charge is 0.396 e. The van der Waals surface area contributed by atoms with Crippen molar-refractivity contribution in [3.63, 3.8) is 0 Å². The number of rotatable bonds is 3. The van der Waals surface area contributed by atoms with Crippen molar-refractivity contribution in [1.29, 1.82) is 0 Å². The van der Waals surface area contributed by atoms with Gasteiger partial charge in [-0.15, -0.1) is 5.10 Å². The molecule has 0 amide bonds. The number of aromatic nitrogens is 5. The third-order valence-corrected chi connectivity index (χ3v) is 3.79. The summed E-state index contributed by atoms with van der Waals surface area (Å²) in [5.74, 6) is 1.16. The number of fused-ring (bicyclic) bond motifs is 1. The van der Waals surface area contributed by atoms with Crippen LogP contribution in [0.25, 0.3) is 11.2 Å². The van der Waals surface area contributed by atoms with Crippen LogP contribution in [0.2, 0.25) is 0 Å². The standard InChI is InChI=1S/C11H16N6O/c12-10-9-11(14-6-13-10)17(16-15-9)4-7-2-1-3-8(7)5-18/h6-8,18H,1-5H2,(H2,12,13,14)/t7-,8-/m1/s1. The molecule has 1 aliphatic rings. The van der Waals surface area contributed by atoms with Crippen molar-refractivity contribution in [2.75, 3.05) is 12.3 Å². The molecule has 1 aliphatic carbocycles. The maximum absolute atomic E-state index is 9.33. The summed E-state index contributed by atoms with van der Waals surface area (Å²) < 4.78 is 1.77. The van der Waals surface area contributed by atoms with Gasteiger partial charge < -0.3 is 10.8 Å². The fourth-order valence-electron chi connectivity index (χ4n) is 2.75. The van der Waals surface area contributed by atoms with Crippen LogP contribution in [0.4, 0.5) is 5.82 Å². The summed E-state index contributed by atoms with van der Waals surface area (Å²) in [6, 6.07) is 0. The first-order chi connectivity index (χ1) is 8.79. The highest BCUT2D eigenvalue weighted by Crippen LogP contribution is 2.32. The number of nitrogens with two attached hydrogens (primary N) is 1. The molecule has 96 valence electrons. The Kier molecular flexibility index (Phi) is 2.83. The summed E-state index contributed by atoms with van der Waals surface area (Å²) in [4.78, 5) is 8.07. The van der Waals surface area contributed by atoms with Gasteiger partial charge in [-0.3, -0.25) is 0 Å². The predicted molar refractivity (Wildman–Crippen MR) is 65.4 cm³/mol. The quantitative estimate of drug-likeness (QED) is 0.805. The van der Waals surface area contributed by atoms with E-state index in [1.165, 1.54) is 12.7 Å². The minimum atomic E-state index is 0.244. The second-order valence-electron chi connectivity index (χ2n) is 4.84. The molecule has 1 saturated carbocycles. The van der Waals surface area contributed by atoms with Crippen LogP contribution in [0, 0.1) is 11.8 Å². The Morgan fingerprint density at radius 2 is 2.17 bits per heavy atom. The van der Waals surface area contributed by atoms with Crippen molar-refractivity contribution < 1.29 is 5.11 Å². The van der Waals surface area contributed by atoms with E-state index in [9.17, 15) is 5.11 Å². The molecule has 7 heteroatoms. The fraction of sp³-hybridized carbons (Fsp3) is 0.636. The smallest absolute Gasteiger partial charge is 0.183 e. The number of hydrogen-bond acceptors (Lipinski definition) is 6. The van der Waals surface area contributed by atoms with E-state index in [2.05, 4.69) is 20.3 Å². The molecule has 2 aromatic heterocycles. The average molecular weight is 248 g/mol. The molecule has 1 fully saturated rings. The lowest BCUT2D eigenvalue weighted by Gasteiger charge is -2.16. The van der Waals surface area contributed by atoms with Gasteiger partial charge in [0.1, 0.15) is 6.33 Å². The van der Waals surface area contributed by atoms with Gasteiger partial charge in [-0.2, -0.15) is 0 Å². The molecule has 2 aromatic rings. The second kappa shape index (κ2) is 4.49. The molecule has 0 saturated heterocycles. The van der Waals surface area contributed by atoms with E-state index in [-0.39, 0.29) is 6.61 Å². The third kappa shape index (κ3) is 1.80. The first-order valence-electron chi connectivity index (χ1n) is 6.20. The van der Waals surface area contributed by atoms with E-state index in [1.807, 2.05) is 0 Å². The van der Waals surface area contributed by atoms with Gasteiger partial charge in [-0.1, -0.05) is 11.6 Å². The van der Waals surface area contributed by atoms with Gasteiger partial charge in [-0.25, -0.2) is 14.6 Å². The molecular formula is C11H16N6O. The number of aliphatic hydroxyl groups is 1. The Labute approximate surface area is 104 Å². The Bertz CT molecular complexity index is 553. The van der Waals surface area contributed by atoms with Crippen molar-refractivity contribution in [1.82, 2.24) is 25.0 Å². The summed E-state index contributed by atoms with van der Waals surface area (Å²) in [6.07, 6.45) is 4.80. The van der Waals surface area contributed by atoms with Gasteiger partial charge >= 0.3 is 0 Å². The number of nitrogens with zero attached hydrogens (tertiary/aromatic N) is 5. The third-order valence-electron chi connectivity index (χ3n) is 3.79. The summed E-state index contributed by atoms with van der Waals surface area (Å²) >= 11 is 0. The Hall–Kier alpha value is -1.76. The number of hydrogen-bond donors (Lipinski definition) is 2. The van der Waals surface area contributed by atoms with Gasteiger partial charge in [0.15, 0.2) is 17.0 Å². The van der Waals surface area contributed by atoms with Crippen molar-refractivity contribution in [3.8, 4) is 0 Å². The molecule has 0 aliphatic heterocycles. The van der Waals surface area contributed by atoms with Gasteiger partial charge in [-0.05, 0) is 24.7 Å². The lowest BCUT2D eigenvalue weighted by molar-refractivity contribution is 0.182. The van der Waals surface area contributed by atoms with Crippen LogP contribution >= 0.6 is 0 Å². The van der Waals surface area contributed by atoms with Gasteiger partial charge in [0.2, 0.25) is 0 Å². The minimum Gasteiger partial charge on any atom is -0.396 e.